The lowest BCUT2D eigenvalue weighted by Crippen LogP contribution is -2.48. The van der Waals surface area contributed by atoms with E-state index in [2.05, 4.69) is 5.32 Å². The fourth-order valence-electron chi connectivity index (χ4n) is 3.80. The summed E-state index contributed by atoms with van der Waals surface area (Å²) in [6, 6.07) is 13.1. The third-order valence-corrected chi connectivity index (χ3v) is 6.02. The summed E-state index contributed by atoms with van der Waals surface area (Å²) < 4.78 is 0. The quantitative estimate of drug-likeness (QED) is 0.519. The largest absolute Gasteiger partial charge is 0.354 e. The van der Waals surface area contributed by atoms with Crippen LogP contribution in [0, 0.1) is 5.92 Å². The normalized spacial score (nSPS) is 13.7. The molecule has 180 valence electrons. The number of fused-ring (bicyclic) bond motifs is 1. The molecular weight excluding hydrogens is 454 g/mol. The van der Waals surface area contributed by atoms with Crippen LogP contribution >= 0.6 is 11.6 Å². The van der Waals surface area contributed by atoms with Crippen LogP contribution in [0.1, 0.15) is 59.9 Å². The number of benzene rings is 2. The van der Waals surface area contributed by atoms with Crippen LogP contribution in [0.25, 0.3) is 0 Å². The van der Waals surface area contributed by atoms with E-state index in [0.29, 0.717) is 29.1 Å². The molecule has 3 rings (SSSR count). The van der Waals surface area contributed by atoms with Crippen molar-refractivity contribution in [2.24, 2.45) is 5.92 Å². The Bertz CT molecular complexity index is 1030. The van der Waals surface area contributed by atoms with Gasteiger partial charge in [0.1, 0.15) is 6.04 Å². The van der Waals surface area contributed by atoms with Gasteiger partial charge in [0.2, 0.25) is 11.8 Å². The maximum Gasteiger partial charge on any atom is 0.261 e. The highest BCUT2D eigenvalue weighted by Crippen LogP contribution is 2.23. The maximum absolute atomic E-state index is 13.2. The van der Waals surface area contributed by atoms with Gasteiger partial charge in [0, 0.05) is 31.1 Å². The number of nitrogens with zero attached hydrogens (tertiary/aromatic N) is 2. The summed E-state index contributed by atoms with van der Waals surface area (Å²) in [5, 5.41) is 3.47. The third kappa shape index (κ3) is 6.03. The first kappa shape index (κ1) is 25.4. The fourth-order valence-corrected chi connectivity index (χ4v) is 3.92. The minimum Gasteiger partial charge on any atom is -0.354 e. The van der Waals surface area contributed by atoms with E-state index >= 15 is 0 Å². The molecule has 1 aliphatic heterocycles. The SMILES string of the molecule is CC(C)CNC(=O)C(C)N(Cc1ccc(Cl)cc1)C(=O)CCCN1C(=O)c2ccccc2C1=O. The van der Waals surface area contributed by atoms with Gasteiger partial charge < -0.3 is 10.2 Å². The molecule has 0 fully saturated rings. The van der Waals surface area contributed by atoms with Gasteiger partial charge in [0.25, 0.3) is 11.8 Å². The Balaban J connectivity index is 1.66. The average molecular weight is 484 g/mol. The smallest absolute Gasteiger partial charge is 0.261 e. The number of nitrogens with one attached hydrogen (secondary N) is 1. The highest BCUT2D eigenvalue weighted by Gasteiger charge is 2.35. The van der Waals surface area contributed by atoms with Crippen molar-refractivity contribution in [3.05, 3.63) is 70.2 Å². The summed E-state index contributed by atoms with van der Waals surface area (Å²) in [6.07, 6.45) is 0.407. The summed E-state index contributed by atoms with van der Waals surface area (Å²) in [6.45, 7) is 6.61. The van der Waals surface area contributed by atoms with Gasteiger partial charge >= 0.3 is 0 Å². The molecule has 34 heavy (non-hydrogen) atoms. The number of hydrogen-bond acceptors (Lipinski definition) is 4. The van der Waals surface area contributed by atoms with Crippen molar-refractivity contribution < 1.29 is 19.2 Å². The van der Waals surface area contributed by atoms with Gasteiger partial charge in [-0.05, 0) is 49.1 Å². The number of imide groups is 1. The van der Waals surface area contributed by atoms with Crippen molar-refractivity contribution in [2.75, 3.05) is 13.1 Å². The molecular formula is C26H30ClN3O4. The second kappa shape index (κ2) is 11.3. The van der Waals surface area contributed by atoms with E-state index in [0.717, 1.165) is 5.56 Å². The van der Waals surface area contributed by atoms with Crippen LogP contribution in [0.5, 0.6) is 0 Å². The molecule has 0 spiro atoms. The van der Waals surface area contributed by atoms with E-state index in [-0.39, 0.29) is 49.1 Å². The van der Waals surface area contributed by atoms with Crippen molar-refractivity contribution in [1.29, 1.82) is 0 Å². The highest BCUT2D eigenvalue weighted by molar-refractivity contribution is 6.30. The molecule has 0 saturated heterocycles. The lowest BCUT2D eigenvalue weighted by molar-refractivity contribution is -0.140. The molecule has 1 N–H and O–H groups in total. The Morgan fingerprint density at radius 3 is 2.12 bits per heavy atom. The number of carbonyl (C=O) groups excluding carboxylic acids is 4. The van der Waals surface area contributed by atoms with Gasteiger partial charge in [-0.25, -0.2) is 0 Å². The van der Waals surface area contributed by atoms with Gasteiger partial charge in [-0.3, -0.25) is 24.1 Å². The standard InChI is InChI=1S/C26H30ClN3O4/c1-17(2)15-28-24(32)18(3)30(16-19-10-12-20(27)13-11-19)23(31)9-6-14-29-25(33)21-7-4-5-8-22(21)26(29)34/h4-5,7-8,10-13,17-18H,6,9,14-16H2,1-3H3,(H,28,32). The van der Waals surface area contributed by atoms with E-state index in [9.17, 15) is 19.2 Å². The van der Waals surface area contributed by atoms with Gasteiger partial charge in [-0.1, -0.05) is 49.7 Å². The second-order valence-corrected chi connectivity index (χ2v) is 9.31. The van der Waals surface area contributed by atoms with Crippen LogP contribution in [0.3, 0.4) is 0 Å². The van der Waals surface area contributed by atoms with E-state index in [4.69, 9.17) is 11.6 Å². The Morgan fingerprint density at radius 2 is 1.56 bits per heavy atom. The van der Waals surface area contributed by atoms with E-state index in [1.807, 2.05) is 26.0 Å². The molecule has 2 aromatic rings. The molecule has 1 aliphatic rings. The Morgan fingerprint density at radius 1 is 0.971 bits per heavy atom. The molecule has 0 aromatic heterocycles. The van der Waals surface area contributed by atoms with Crippen molar-refractivity contribution in [3.63, 3.8) is 0 Å². The zero-order chi connectivity index (χ0) is 24.8. The van der Waals surface area contributed by atoms with Crippen LogP contribution in [0.15, 0.2) is 48.5 Å². The summed E-state index contributed by atoms with van der Waals surface area (Å²) in [5.74, 6) is -0.841. The second-order valence-electron chi connectivity index (χ2n) is 8.87. The number of halogens is 1. The van der Waals surface area contributed by atoms with E-state index < -0.39 is 6.04 Å². The molecule has 1 atom stereocenters. The molecule has 0 saturated carbocycles. The molecule has 1 heterocycles. The molecule has 0 bridgehead atoms. The van der Waals surface area contributed by atoms with Gasteiger partial charge in [0.15, 0.2) is 0 Å². The first-order valence-corrected chi connectivity index (χ1v) is 11.8. The Kier molecular flexibility index (Phi) is 8.45. The monoisotopic (exact) mass is 483 g/mol. The number of amides is 4. The lowest BCUT2D eigenvalue weighted by Gasteiger charge is -2.29. The first-order valence-electron chi connectivity index (χ1n) is 11.5. The maximum atomic E-state index is 13.2. The van der Waals surface area contributed by atoms with Crippen LogP contribution < -0.4 is 5.32 Å². The van der Waals surface area contributed by atoms with E-state index in [1.165, 1.54) is 9.80 Å². The van der Waals surface area contributed by atoms with Crippen molar-refractivity contribution in [2.45, 2.75) is 46.2 Å². The zero-order valence-corrected chi connectivity index (χ0v) is 20.5. The lowest BCUT2D eigenvalue weighted by atomic mass is 10.1. The minimum absolute atomic E-state index is 0.1000. The average Bonchev–Trinajstić information content (AvgIpc) is 3.06. The Hall–Kier alpha value is -3.19. The highest BCUT2D eigenvalue weighted by atomic mass is 35.5. The van der Waals surface area contributed by atoms with Gasteiger partial charge in [0.05, 0.1) is 11.1 Å². The molecule has 1 unspecified atom stereocenters. The summed E-state index contributed by atoms with van der Waals surface area (Å²) in [4.78, 5) is 53.7. The molecule has 2 aromatic carbocycles. The van der Waals surface area contributed by atoms with Crippen molar-refractivity contribution >= 4 is 35.2 Å². The summed E-state index contributed by atoms with van der Waals surface area (Å²) in [7, 11) is 0. The van der Waals surface area contributed by atoms with Crippen LogP contribution in [0.4, 0.5) is 0 Å². The first-order chi connectivity index (χ1) is 16.2. The predicted octanol–water partition coefficient (Wildman–Crippen LogP) is 3.91. The molecule has 4 amide bonds. The molecule has 8 heteroatoms. The Labute approximate surface area is 205 Å². The van der Waals surface area contributed by atoms with Crippen LogP contribution in [-0.4, -0.2) is 52.6 Å². The third-order valence-electron chi connectivity index (χ3n) is 5.77. The number of rotatable bonds is 10. The number of hydrogen-bond donors (Lipinski definition) is 1. The van der Waals surface area contributed by atoms with E-state index in [1.54, 1.807) is 43.3 Å². The predicted molar refractivity (Wildman–Crippen MR) is 130 cm³/mol. The number of carbonyl (C=O) groups is 4. The molecule has 7 nitrogen and oxygen atoms in total. The molecule has 0 aliphatic carbocycles. The summed E-state index contributed by atoms with van der Waals surface area (Å²) >= 11 is 5.98. The fraction of sp³-hybridized carbons (Fsp3) is 0.385. The minimum atomic E-state index is -0.679. The van der Waals surface area contributed by atoms with Crippen molar-refractivity contribution in [1.82, 2.24) is 15.1 Å². The van der Waals surface area contributed by atoms with Gasteiger partial charge in [-0.15, -0.1) is 0 Å². The van der Waals surface area contributed by atoms with Crippen LogP contribution in [0.2, 0.25) is 5.02 Å². The van der Waals surface area contributed by atoms with Crippen molar-refractivity contribution in [3.8, 4) is 0 Å². The topological polar surface area (TPSA) is 86.8 Å². The zero-order valence-electron chi connectivity index (χ0n) is 19.7. The van der Waals surface area contributed by atoms with Crippen LogP contribution in [-0.2, 0) is 16.1 Å². The molecule has 0 radical (unpaired) electrons. The van der Waals surface area contributed by atoms with Gasteiger partial charge in [-0.2, -0.15) is 0 Å². The summed E-state index contributed by atoms with van der Waals surface area (Å²) in [5.41, 5.74) is 1.62.